The van der Waals surface area contributed by atoms with Crippen molar-refractivity contribution < 1.29 is 19.1 Å². The lowest BCUT2D eigenvalue weighted by Gasteiger charge is -2.13. The Hall–Kier alpha value is -3.23. The van der Waals surface area contributed by atoms with Crippen LogP contribution in [0.3, 0.4) is 0 Å². The van der Waals surface area contributed by atoms with Crippen molar-refractivity contribution in [1.29, 1.82) is 0 Å². The minimum atomic E-state index is -0.430. The maximum atomic E-state index is 12.5. The molecule has 2 aromatic carbocycles. The lowest BCUT2D eigenvalue weighted by atomic mass is 10.1. The third kappa shape index (κ3) is 5.93. The normalized spacial score (nSPS) is 10.3. The summed E-state index contributed by atoms with van der Waals surface area (Å²) in [5, 5.41) is 7.12. The van der Waals surface area contributed by atoms with Crippen molar-refractivity contribution in [2.75, 3.05) is 24.4 Å². The van der Waals surface area contributed by atoms with Gasteiger partial charge >= 0.3 is 11.9 Å². The second-order valence-electron chi connectivity index (χ2n) is 6.94. The van der Waals surface area contributed by atoms with Crippen LogP contribution in [0.1, 0.15) is 43.6 Å². The zero-order valence-electron chi connectivity index (χ0n) is 18.1. The van der Waals surface area contributed by atoms with Gasteiger partial charge in [0.15, 0.2) is 5.11 Å². The summed E-state index contributed by atoms with van der Waals surface area (Å²) in [4.78, 5) is 25.4. The molecule has 0 aliphatic carbocycles. The van der Waals surface area contributed by atoms with Gasteiger partial charge in [-0.3, -0.25) is 0 Å². The molecule has 0 fully saturated rings. The van der Waals surface area contributed by atoms with Crippen LogP contribution in [0, 0.1) is 6.92 Å². The lowest BCUT2D eigenvalue weighted by Crippen LogP contribution is -2.21. The van der Waals surface area contributed by atoms with E-state index in [0.717, 1.165) is 16.0 Å². The summed E-state index contributed by atoms with van der Waals surface area (Å²) < 4.78 is 10.0. The average molecular weight is 469 g/mol. The Morgan fingerprint density at radius 3 is 2.47 bits per heavy atom. The van der Waals surface area contributed by atoms with E-state index in [1.807, 2.05) is 49.4 Å². The molecule has 1 aromatic heterocycles. The molecule has 2 N–H and O–H groups in total. The first-order valence-corrected chi connectivity index (χ1v) is 11.2. The number of benzene rings is 2. The summed E-state index contributed by atoms with van der Waals surface area (Å²) in [6.45, 7) is 3.95. The van der Waals surface area contributed by atoms with Gasteiger partial charge in [0.05, 0.1) is 24.8 Å². The van der Waals surface area contributed by atoms with Crippen LogP contribution in [-0.4, -0.2) is 30.8 Å². The summed E-state index contributed by atoms with van der Waals surface area (Å²) >= 11 is 6.93. The molecule has 3 aromatic rings. The first-order chi connectivity index (χ1) is 15.4. The van der Waals surface area contributed by atoms with Crippen LogP contribution in [0.5, 0.6) is 0 Å². The van der Waals surface area contributed by atoms with Crippen LogP contribution < -0.4 is 10.6 Å². The topological polar surface area (TPSA) is 76.7 Å². The molecule has 0 aliphatic rings. The van der Waals surface area contributed by atoms with Crippen molar-refractivity contribution in [3.8, 4) is 0 Å². The van der Waals surface area contributed by atoms with Crippen molar-refractivity contribution in [2.24, 2.45) is 0 Å². The molecular formula is C24H24N2O4S2. The maximum Gasteiger partial charge on any atom is 0.341 e. The number of thiocarbonyl (C=S) groups is 1. The van der Waals surface area contributed by atoms with E-state index in [0.29, 0.717) is 33.3 Å². The Morgan fingerprint density at radius 1 is 1.03 bits per heavy atom. The summed E-state index contributed by atoms with van der Waals surface area (Å²) in [5.74, 6) is -0.836. The lowest BCUT2D eigenvalue weighted by molar-refractivity contribution is 0.0527. The van der Waals surface area contributed by atoms with E-state index in [2.05, 4.69) is 10.6 Å². The number of hydrogen-bond acceptors (Lipinski definition) is 6. The zero-order chi connectivity index (χ0) is 23.1. The van der Waals surface area contributed by atoms with Gasteiger partial charge in [-0.1, -0.05) is 36.4 Å². The van der Waals surface area contributed by atoms with E-state index in [1.165, 1.54) is 18.4 Å². The van der Waals surface area contributed by atoms with Gasteiger partial charge in [0, 0.05) is 17.0 Å². The number of aryl methyl sites for hydroxylation is 1. The van der Waals surface area contributed by atoms with E-state index in [1.54, 1.807) is 19.1 Å². The average Bonchev–Trinajstić information content (AvgIpc) is 3.17. The molecule has 0 atom stereocenters. The summed E-state index contributed by atoms with van der Waals surface area (Å²) in [6, 6.07) is 17.0. The van der Waals surface area contributed by atoms with Crippen molar-refractivity contribution in [2.45, 2.75) is 20.3 Å². The molecule has 6 nitrogen and oxygen atoms in total. The second-order valence-corrected chi connectivity index (χ2v) is 8.48. The van der Waals surface area contributed by atoms with E-state index < -0.39 is 11.9 Å². The Bertz CT molecular complexity index is 1130. The fourth-order valence-electron chi connectivity index (χ4n) is 3.04. The first kappa shape index (κ1) is 23.4. The van der Waals surface area contributed by atoms with Crippen LogP contribution in [-0.2, 0) is 15.9 Å². The van der Waals surface area contributed by atoms with Crippen LogP contribution in [0.4, 0.5) is 10.7 Å². The fraction of sp³-hybridized carbons (Fsp3) is 0.208. The molecule has 0 spiro atoms. The molecule has 0 radical (unpaired) electrons. The number of hydrogen-bond donors (Lipinski definition) is 2. The minimum Gasteiger partial charge on any atom is -0.465 e. The van der Waals surface area contributed by atoms with Crippen LogP contribution in [0.25, 0.3) is 0 Å². The number of nitrogens with one attached hydrogen (secondary N) is 2. The van der Waals surface area contributed by atoms with E-state index in [-0.39, 0.29) is 6.61 Å². The van der Waals surface area contributed by atoms with E-state index >= 15 is 0 Å². The van der Waals surface area contributed by atoms with Gasteiger partial charge in [0.2, 0.25) is 0 Å². The van der Waals surface area contributed by atoms with Crippen LogP contribution in [0.2, 0.25) is 0 Å². The third-order valence-electron chi connectivity index (χ3n) is 4.63. The van der Waals surface area contributed by atoms with Crippen molar-refractivity contribution >= 4 is 51.3 Å². The molecule has 0 saturated carbocycles. The highest BCUT2D eigenvalue weighted by Gasteiger charge is 2.19. The zero-order valence-corrected chi connectivity index (χ0v) is 19.7. The van der Waals surface area contributed by atoms with Gasteiger partial charge in [0.1, 0.15) is 5.00 Å². The number of ether oxygens (including phenoxy) is 2. The Balaban J connectivity index is 1.81. The number of esters is 2. The highest BCUT2D eigenvalue weighted by Crippen LogP contribution is 2.31. The van der Waals surface area contributed by atoms with Crippen molar-refractivity contribution in [3.05, 3.63) is 81.7 Å². The standard InChI is InChI=1S/C24H24N2O4S2/c1-4-30-23(28)19-14-18(12-16-8-6-5-7-9-16)32-21(19)26-24(31)25-20-13-17(22(27)29-3)11-10-15(20)2/h5-11,13-14H,4,12H2,1-3H3,(H2,25,26,31). The number of rotatable bonds is 7. The second kappa shape index (κ2) is 10.9. The van der Waals surface area contributed by atoms with E-state index in [9.17, 15) is 9.59 Å². The summed E-state index contributed by atoms with van der Waals surface area (Å²) in [7, 11) is 1.34. The number of thiophene rings is 1. The molecule has 0 saturated heterocycles. The minimum absolute atomic E-state index is 0.282. The van der Waals surface area contributed by atoms with Crippen molar-refractivity contribution in [3.63, 3.8) is 0 Å². The fourth-order valence-corrected chi connectivity index (χ4v) is 4.40. The van der Waals surface area contributed by atoms with Gasteiger partial charge in [-0.25, -0.2) is 9.59 Å². The Morgan fingerprint density at radius 2 is 1.78 bits per heavy atom. The first-order valence-electron chi connectivity index (χ1n) is 10.0. The third-order valence-corrected chi connectivity index (χ3v) is 5.89. The quantitative estimate of drug-likeness (QED) is 0.354. The maximum absolute atomic E-state index is 12.5. The smallest absolute Gasteiger partial charge is 0.341 e. The highest BCUT2D eigenvalue weighted by molar-refractivity contribution is 7.80. The summed E-state index contributed by atoms with van der Waals surface area (Å²) in [5.41, 5.74) is 3.57. The molecule has 32 heavy (non-hydrogen) atoms. The molecule has 0 amide bonds. The Kier molecular flexibility index (Phi) is 7.97. The highest BCUT2D eigenvalue weighted by atomic mass is 32.1. The molecular weight excluding hydrogens is 444 g/mol. The molecule has 0 unspecified atom stereocenters. The SMILES string of the molecule is CCOC(=O)c1cc(Cc2ccccc2)sc1NC(=S)Nc1cc(C(=O)OC)ccc1C. The van der Waals surface area contributed by atoms with Gasteiger partial charge in [-0.05, 0) is 55.4 Å². The Labute approximate surface area is 196 Å². The largest absolute Gasteiger partial charge is 0.465 e. The van der Waals surface area contributed by atoms with Gasteiger partial charge < -0.3 is 20.1 Å². The monoisotopic (exact) mass is 468 g/mol. The molecule has 8 heteroatoms. The number of carbonyl (C=O) groups excluding carboxylic acids is 2. The van der Waals surface area contributed by atoms with Crippen molar-refractivity contribution in [1.82, 2.24) is 0 Å². The molecule has 3 rings (SSSR count). The van der Waals surface area contributed by atoms with E-state index in [4.69, 9.17) is 21.7 Å². The van der Waals surface area contributed by atoms with Crippen LogP contribution >= 0.6 is 23.6 Å². The van der Waals surface area contributed by atoms with Gasteiger partial charge in [-0.15, -0.1) is 11.3 Å². The van der Waals surface area contributed by atoms with Gasteiger partial charge in [0.25, 0.3) is 0 Å². The molecule has 166 valence electrons. The molecule has 0 bridgehead atoms. The number of carbonyl (C=O) groups is 2. The van der Waals surface area contributed by atoms with Crippen LogP contribution in [0.15, 0.2) is 54.6 Å². The predicted octanol–water partition coefficient (Wildman–Crippen LogP) is 5.42. The molecule has 1 heterocycles. The number of methoxy groups -OCH3 is 1. The number of anilines is 2. The predicted molar refractivity (Wildman–Crippen MR) is 132 cm³/mol. The van der Waals surface area contributed by atoms with Gasteiger partial charge in [-0.2, -0.15) is 0 Å². The summed E-state index contributed by atoms with van der Waals surface area (Å²) in [6.07, 6.45) is 0.695. The molecule has 0 aliphatic heterocycles.